The summed E-state index contributed by atoms with van der Waals surface area (Å²) in [6.07, 6.45) is 9.62. The molecule has 3 heteroatoms. The van der Waals surface area contributed by atoms with Gasteiger partial charge in [0.15, 0.2) is 5.79 Å². The highest BCUT2D eigenvalue weighted by molar-refractivity contribution is 5.26. The van der Waals surface area contributed by atoms with Gasteiger partial charge >= 0.3 is 0 Å². The highest BCUT2D eigenvalue weighted by Crippen LogP contribution is 2.40. The Balaban J connectivity index is 2.12. The fourth-order valence-corrected chi connectivity index (χ4v) is 2.12. The van der Waals surface area contributed by atoms with Gasteiger partial charge in [-0.1, -0.05) is 24.3 Å². The number of fused-ring (bicyclic) bond motifs is 1. The molecule has 0 aromatic carbocycles. The minimum atomic E-state index is -0.568. The molecule has 1 fully saturated rings. The lowest BCUT2D eigenvalue weighted by Crippen LogP contribution is -2.43. The zero-order valence-corrected chi connectivity index (χ0v) is 9.81. The molecule has 0 aromatic heterocycles. The van der Waals surface area contributed by atoms with Crippen molar-refractivity contribution in [2.75, 3.05) is 13.2 Å². The molecule has 1 aliphatic heterocycles. The zero-order chi connectivity index (χ0) is 11.6. The first kappa shape index (κ1) is 11.6. The van der Waals surface area contributed by atoms with Gasteiger partial charge in [-0.2, -0.15) is 0 Å². The predicted octanol–water partition coefficient (Wildman–Crippen LogP) is 2.21. The first-order valence-corrected chi connectivity index (χ1v) is 5.51. The molecule has 0 bridgehead atoms. The normalized spacial score (nSPS) is 35.0. The van der Waals surface area contributed by atoms with E-state index in [-0.39, 0.29) is 6.10 Å². The molecule has 0 spiro atoms. The second kappa shape index (κ2) is 4.17. The number of hydrogen-bond acceptors (Lipinski definition) is 3. The molecular formula is C13H18O3. The van der Waals surface area contributed by atoms with Gasteiger partial charge in [-0.25, -0.2) is 0 Å². The summed E-state index contributed by atoms with van der Waals surface area (Å²) < 4.78 is 17.3. The largest absolute Gasteiger partial charge is 0.374 e. The Labute approximate surface area is 96.4 Å². The molecular weight excluding hydrogens is 204 g/mol. The van der Waals surface area contributed by atoms with Crippen molar-refractivity contribution in [1.82, 2.24) is 0 Å². The second-order valence-corrected chi connectivity index (χ2v) is 4.54. The topological polar surface area (TPSA) is 27.7 Å². The van der Waals surface area contributed by atoms with Crippen molar-refractivity contribution in [2.45, 2.75) is 31.3 Å². The van der Waals surface area contributed by atoms with Crippen LogP contribution in [0, 0.1) is 0 Å². The van der Waals surface area contributed by atoms with Crippen molar-refractivity contribution in [1.29, 1.82) is 0 Å². The first-order chi connectivity index (χ1) is 7.58. The highest BCUT2D eigenvalue weighted by atomic mass is 16.8. The molecule has 2 atom stereocenters. The van der Waals surface area contributed by atoms with Crippen LogP contribution >= 0.6 is 0 Å². The summed E-state index contributed by atoms with van der Waals surface area (Å²) in [6, 6.07) is 0. The molecule has 0 radical (unpaired) electrons. The zero-order valence-electron chi connectivity index (χ0n) is 9.81. The van der Waals surface area contributed by atoms with Crippen LogP contribution in [0.1, 0.15) is 13.8 Å². The van der Waals surface area contributed by atoms with Crippen LogP contribution in [0.15, 0.2) is 37.0 Å². The lowest BCUT2D eigenvalue weighted by Gasteiger charge is -2.29. The van der Waals surface area contributed by atoms with Crippen LogP contribution in [0.25, 0.3) is 0 Å². The van der Waals surface area contributed by atoms with E-state index in [1.807, 2.05) is 38.2 Å². The van der Waals surface area contributed by atoms with E-state index < -0.39 is 11.4 Å². The molecule has 0 saturated carbocycles. The second-order valence-electron chi connectivity index (χ2n) is 4.54. The minimum absolute atomic E-state index is 0.0719. The molecule has 0 amide bonds. The third-order valence-corrected chi connectivity index (χ3v) is 2.67. The van der Waals surface area contributed by atoms with Gasteiger partial charge in [-0.05, 0) is 19.9 Å². The van der Waals surface area contributed by atoms with Crippen LogP contribution in [0.3, 0.4) is 0 Å². The summed E-state index contributed by atoms with van der Waals surface area (Å²) in [4.78, 5) is 0. The number of rotatable bonds is 4. The molecule has 0 N–H and O–H groups in total. The van der Waals surface area contributed by atoms with E-state index >= 15 is 0 Å². The Kier molecular flexibility index (Phi) is 3.02. The van der Waals surface area contributed by atoms with Crippen molar-refractivity contribution in [3.8, 4) is 0 Å². The summed E-state index contributed by atoms with van der Waals surface area (Å²) in [5.41, 5.74) is -0.485. The molecule has 16 heavy (non-hydrogen) atoms. The summed E-state index contributed by atoms with van der Waals surface area (Å²) in [7, 11) is 0. The Morgan fingerprint density at radius 3 is 3.00 bits per heavy atom. The van der Waals surface area contributed by atoms with Gasteiger partial charge in [0.2, 0.25) is 0 Å². The summed E-state index contributed by atoms with van der Waals surface area (Å²) >= 11 is 0. The van der Waals surface area contributed by atoms with Gasteiger partial charge in [0.25, 0.3) is 0 Å². The van der Waals surface area contributed by atoms with Crippen molar-refractivity contribution in [2.24, 2.45) is 0 Å². The van der Waals surface area contributed by atoms with Crippen molar-refractivity contribution in [3.05, 3.63) is 37.0 Å². The van der Waals surface area contributed by atoms with E-state index in [4.69, 9.17) is 14.2 Å². The molecule has 88 valence electrons. The molecule has 1 aliphatic carbocycles. The number of hydrogen-bond donors (Lipinski definition) is 0. The molecule has 1 saturated heterocycles. The monoisotopic (exact) mass is 222 g/mol. The van der Waals surface area contributed by atoms with Crippen molar-refractivity contribution < 1.29 is 14.2 Å². The third kappa shape index (κ3) is 2.12. The van der Waals surface area contributed by atoms with Crippen molar-refractivity contribution >= 4 is 0 Å². The van der Waals surface area contributed by atoms with Gasteiger partial charge < -0.3 is 14.2 Å². The van der Waals surface area contributed by atoms with Gasteiger partial charge in [0, 0.05) is 0 Å². The van der Waals surface area contributed by atoms with Crippen molar-refractivity contribution in [3.63, 3.8) is 0 Å². The van der Waals surface area contributed by atoms with E-state index in [0.29, 0.717) is 13.2 Å². The Bertz CT molecular complexity index is 330. The number of ether oxygens (including phenoxy) is 3. The standard InChI is InChI=1S/C13H18O3/c1-4-9-14-10-13-8-6-5-7-11(13)15-12(2,3)16-13/h4-8,11H,1,9-10H2,2-3H3/t11-,13-/m1/s1. The van der Waals surface area contributed by atoms with E-state index in [1.165, 1.54) is 0 Å². The molecule has 2 aliphatic rings. The smallest absolute Gasteiger partial charge is 0.165 e. The van der Waals surface area contributed by atoms with Gasteiger partial charge in [0.05, 0.1) is 13.2 Å². The minimum Gasteiger partial charge on any atom is -0.374 e. The van der Waals surface area contributed by atoms with Crippen LogP contribution in [0.5, 0.6) is 0 Å². The molecule has 0 aromatic rings. The lowest BCUT2D eigenvalue weighted by molar-refractivity contribution is -0.161. The quantitative estimate of drug-likeness (QED) is 0.539. The molecule has 1 heterocycles. The average molecular weight is 222 g/mol. The fourth-order valence-electron chi connectivity index (χ4n) is 2.12. The van der Waals surface area contributed by atoms with E-state index in [9.17, 15) is 0 Å². The summed E-state index contributed by atoms with van der Waals surface area (Å²) in [6.45, 7) is 8.47. The summed E-state index contributed by atoms with van der Waals surface area (Å²) in [5, 5.41) is 0. The third-order valence-electron chi connectivity index (χ3n) is 2.67. The molecule has 3 nitrogen and oxygen atoms in total. The van der Waals surface area contributed by atoms with Gasteiger partial charge in [-0.3, -0.25) is 0 Å². The van der Waals surface area contributed by atoms with Crippen LogP contribution in [-0.2, 0) is 14.2 Å². The maximum atomic E-state index is 5.97. The van der Waals surface area contributed by atoms with Crippen LogP contribution in [-0.4, -0.2) is 30.7 Å². The maximum absolute atomic E-state index is 5.97. The Hall–Kier alpha value is -0.900. The lowest BCUT2D eigenvalue weighted by atomic mass is 9.93. The Morgan fingerprint density at radius 2 is 2.25 bits per heavy atom. The SMILES string of the molecule is C=CCOC[C@]12C=CC=C[C@H]1OC(C)(C)O2. The molecule has 0 unspecified atom stereocenters. The van der Waals surface area contributed by atoms with Gasteiger partial charge in [0.1, 0.15) is 11.7 Å². The first-order valence-electron chi connectivity index (χ1n) is 5.51. The van der Waals surface area contributed by atoms with Crippen LogP contribution < -0.4 is 0 Å². The fraction of sp³-hybridized carbons (Fsp3) is 0.538. The maximum Gasteiger partial charge on any atom is 0.165 e. The average Bonchev–Trinajstić information content (AvgIpc) is 2.48. The molecule has 2 rings (SSSR count). The summed E-state index contributed by atoms with van der Waals surface area (Å²) in [5.74, 6) is -0.568. The van der Waals surface area contributed by atoms with E-state index in [1.54, 1.807) is 6.08 Å². The van der Waals surface area contributed by atoms with Gasteiger partial charge in [-0.15, -0.1) is 6.58 Å². The van der Waals surface area contributed by atoms with E-state index in [0.717, 1.165) is 0 Å². The predicted molar refractivity (Wildman–Crippen MR) is 62.1 cm³/mol. The van der Waals surface area contributed by atoms with E-state index in [2.05, 4.69) is 6.58 Å². The van der Waals surface area contributed by atoms with Crippen LogP contribution in [0.2, 0.25) is 0 Å². The van der Waals surface area contributed by atoms with Crippen LogP contribution in [0.4, 0.5) is 0 Å². The highest BCUT2D eigenvalue weighted by Gasteiger charge is 2.51. The Morgan fingerprint density at radius 1 is 1.44 bits per heavy atom. The number of allylic oxidation sites excluding steroid dienone is 2.